The number of hydrogen-bond donors (Lipinski definition) is 1. The summed E-state index contributed by atoms with van der Waals surface area (Å²) in [6.07, 6.45) is 3.83. The molecule has 0 fully saturated rings. The monoisotopic (exact) mass is 276 g/mol. The van der Waals surface area contributed by atoms with Crippen LogP contribution in [0.25, 0.3) is 0 Å². The molecule has 1 atom stereocenters. The number of nitrogens with one attached hydrogen (secondary N) is 1. The van der Waals surface area contributed by atoms with E-state index in [9.17, 15) is 4.39 Å². The maximum absolute atomic E-state index is 13.4. The maximum atomic E-state index is 13.4. The summed E-state index contributed by atoms with van der Waals surface area (Å²) in [7, 11) is 5.75. The summed E-state index contributed by atoms with van der Waals surface area (Å²) in [6, 6.07) is 5.04. The van der Waals surface area contributed by atoms with Crippen molar-refractivity contribution in [3.63, 3.8) is 0 Å². The molecule has 4 nitrogen and oxygen atoms in total. The molecule has 0 aliphatic carbocycles. The third-order valence-electron chi connectivity index (χ3n) is 3.31. The summed E-state index contributed by atoms with van der Waals surface area (Å²) in [6.45, 7) is 2.82. The molecule has 0 saturated heterocycles. The minimum Gasteiger partial charge on any atom is -0.377 e. The van der Waals surface area contributed by atoms with E-state index in [4.69, 9.17) is 0 Å². The molecule has 0 bridgehead atoms. The highest BCUT2D eigenvalue weighted by molar-refractivity contribution is 5.54. The van der Waals surface area contributed by atoms with Gasteiger partial charge < -0.3 is 10.2 Å². The highest BCUT2D eigenvalue weighted by Gasteiger charge is 2.13. The average Bonchev–Trinajstić information content (AvgIpc) is 2.81. The van der Waals surface area contributed by atoms with Crippen molar-refractivity contribution in [3.8, 4) is 0 Å². The summed E-state index contributed by atoms with van der Waals surface area (Å²) < 4.78 is 15.1. The van der Waals surface area contributed by atoms with E-state index < -0.39 is 0 Å². The highest BCUT2D eigenvalue weighted by atomic mass is 19.1. The van der Waals surface area contributed by atoms with Gasteiger partial charge in [0.15, 0.2) is 0 Å². The molecule has 0 aliphatic heterocycles. The maximum Gasteiger partial charge on any atom is 0.125 e. The first-order chi connectivity index (χ1) is 9.47. The molecule has 0 aliphatic rings. The minimum atomic E-state index is -0.211. The smallest absolute Gasteiger partial charge is 0.125 e. The lowest BCUT2D eigenvalue weighted by Gasteiger charge is -2.22. The Morgan fingerprint density at radius 3 is 2.75 bits per heavy atom. The van der Waals surface area contributed by atoms with Gasteiger partial charge in [0.2, 0.25) is 0 Å². The predicted octanol–water partition coefficient (Wildman–Crippen LogP) is 2.48. The summed E-state index contributed by atoms with van der Waals surface area (Å²) in [5, 5.41) is 7.58. The van der Waals surface area contributed by atoms with Crippen molar-refractivity contribution >= 4 is 5.69 Å². The molecule has 2 rings (SSSR count). The summed E-state index contributed by atoms with van der Waals surface area (Å²) in [5.41, 5.74) is 3.12. The van der Waals surface area contributed by atoms with Crippen LogP contribution in [0.5, 0.6) is 0 Å². The number of nitrogens with zero attached hydrogens (tertiary/aromatic N) is 3. The van der Waals surface area contributed by atoms with E-state index in [0.29, 0.717) is 0 Å². The molecule has 1 aromatic heterocycles. The lowest BCUT2D eigenvalue weighted by Crippen LogP contribution is -2.21. The summed E-state index contributed by atoms with van der Waals surface area (Å²) in [4.78, 5) is 1.93. The third-order valence-corrected chi connectivity index (χ3v) is 3.31. The van der Waals surface area contributed by atoms with Crippen LogP contribution in [0.3, 0.4) is 0 Å². The van der Waals surface area contributed by atoms with Gasteiger partial charge in [-0.05, 0) is 24.6 Å². The Morgan fingerprint density at radius 2 is 2.15 bits per heavy atom. The average molecular weight is 276 g/mol. The van der Waals surface area contributed by atoms with Gasteiger partial charge in [0.1, 0.15) is 5.82 Å². The van der Waals surface area contributed by atoms with Crippen molar-refractivity contribution in [1.29, 1.82) is 0 Å². The molecule has 0 radical (unpaired) electrons. The van der Waals surface area contributed by atoms with Crippen molar-refractivity contribution in [1.82, 2.24) is 15.1 Å². The first-order valence-corrected chi connectivity index (χ1v) is 6.65. The van der Waals surface area contributed by atoms with Crippen molar-refractivity contribution in [2.24, 2.45) is 7.05 Å². The van der Waals surface area contributed by atoms with E-state index in [1.807, 2.05) is 44.5 Å². The second-order valence-corrected chi connectivity index (χ2v) is 5.22. The van der Waals surface area contributed by atoms with Crippen LogP contribution in [-0.4, -0.2) is 23.9 Å². The molecule has 1 heterocycles. The zero-order valence-electron chi connectivity index (χ0n) is 12.4. The number of halogens is 1. The highest BCUT2D eigenvalue weighted by Crippen LogP contribution is 2.26. The number of aryl methyl sites for hydroxylation is 1. The number of hydrogen-bond acceptors (Lipinski definition) is 3. The van der Waals surface area contributed by atoms with E-state index in [1.165, 1.54) is 6.07 Å². The van der Waals surface area contributed by atoms with Crippen LogP contribution in [-0.2, 0) is 13.6 Å². The van der Waals surface area contributed by atoms with Gasteiger partial charge in [-0.2, -0.15) is 5.10 Å². The normalized spacial score (nSPS) is 12.4. The Hall–Kier alpha value is -1.88. The molecule has 2 aromatic rings. The van der Waals surface area contributed by atoms with Gasteiger partial charge >= 0.3 is 0 Å². The topological polar surface area (TPSA) is 33.1 Å². The number of anilines is 1. The van der Waals surface area contributed by atoms with Gasteiger partial charge in [-0.1, -0.05) is 6.07 Å². The molecule has 20 heavy (non-hydrogen) atoms. The molecule has 0 unspecified atom stereocenters. The molecular weight excluding hydrogens is 255 g/mol. The molecule has 0 amide bonds. The first kappa shape index (κ1) is 14.5. The molecule has 1 aromatic carbocycles. The third kappa shape index (κ3) is 3.36. The zero-order valence-corrected chi connectivity index (χ0v) is 12.4. The zero-order chi connectivity index (χ0) is 14.7. The van der Waals surface area contributed by atoms with Crippen molar-refractivity contribution < 1.29 is 4.39 Å². The number of benzene rings is 1. The molecule has 5 heteroatoms. The fourth-order valence-corrected chi connectivity index (χ4v) is 2.21. The Bertz CT molecular complexity index is 577. The van der Waals surface area contributed by atoms with Crippen LogP contribution >= 0.6 is 0 Å². The Morgan fingerprint density at radius 1 is 1.40 bits per heavy atom. The van der Waals surface area contributed by atoms with Gasteiger partial charge in [-0.25, -0.2) is 4.39 Å². The predicted molar refractivity (Wildman–Crippen MR) is 79.2 cm³/mol. The van der Waals surface area contributed by atoms with E-state index in [0.717, 1.165) is 23.4 Å². The van der Waals surface area contributed by atoms with Gasteiger partial charge in [0, 0.05) is 51.2 Å². The summed E-state index contributed by atoms with van der Waals surface area (Å²) >= 11 is 0. The Labute approximate surface area is 119 Å². The van der Waals surface area contributed by atoms with Gasteiger partial charge in [-0.15, -0.1) is 0 Å². The van der Waals surface area contributed by atoms with Crippen LogP contribution in [0.2, 0.25) is 0 Å². The van der Waals surface area contributed by atoms with Crippen LogP contribution < -0.4 is 10.2 Å². The molecule has 1 N–H and O–H groups in total. The molecule has 108 valence electrons. The van der Waals surface area contributed by atoms with Crippen molar-refractivity contribution in [2.45, 2.75) is 19.5 Å². The molecule has 0 saturated carbocycles. The largest absolute Gasteiger partial charge is 0.377 e. The fraction of sp³-hybridized carbons (Fsp3) is 0.400. The minimum absolute atomic E-state index is 0.133. The standard InChI is InChI=1S/C15H21FN4/c1-11(17-8-12-9-18-20(4)10-12)14-6-5-13(16)7-15(14)19(2)3/h5-7,9-11,17H,8H2,1-4H3/t11-/m0/s1. The van der Waals surface area contributed by atoms with Crippen LogP contribution in [0.1, 0.15) is 24.1 Å². The van der Waals surface area contributed by atoms with Crippen molar-refractivity contribution in [3.05, 3.63) is 47.5 Å². The Kier molecular flexibility index (Phi) is 4.39. The number of rotatable bonds is 5. The SMILES string of the molecule is C[C@H](NCc1cnn(C)c1)c1ccc(F)cc1N(C)C. The van der Waals surface area contributed by atoms with E-state index >= 15 is 0 Å². The van der Waals surface area contributed by atoms with Crippen LogP contribution in [0, 0.1) is 5.82 Å². The van der Waals surface area contributed by atoms with Crippen LogP contribution in [0.15, 0.2) is 30.6 Å². The molecular formula is C15H21FN4. The van der Waals surface area contributed by atoms with Gasteiger partial charge in [0.05, 0.1) is 6.20 Å². The van der Waals surface area contributed by atoms with Gasteiger partial charge in [0.25, 0.3) is 0 Å². The van der Waals surface area contributed by atoms with E-state index in [-0.39, 0.29) is 11.9 Å². The van der Waals surface area contributed by atoms with Crippen LogP contribution in [0.4, 0.5) is 10.1 Å². The van der Waals surface area contributed by atoms with E-state index in [1.54, 1.807) is 10.7 Å². The molecule has 0 spiro atoms. The van der Waals surface area contributed by atoms with Crippen molar-refractivity contribution in [2.75, 3.05) is 19.0 Å². The Balaban J connectivity index is 2.10. The summed E-state index contributed by atoms with van der Waals surface area (Å²) in [5.74, 6) is -0.211. The second kappa shape index (κ2) is 6.05. The lowest BCUT2D eigenvalue weighted by molar-refractivity contribution is 0.570. The van der Waals surface area contributed by atoms with Gasteiger partial charge in [-0.3, -0.25) is 4.68 Å². The van der Waals surface area contributed by atoms with E-state index in [2.05, 4.69) is 17.3 Å². The first-order valence-electron chi connectivity index (χ1n) is 6.65. The quantitative estimate of drug-likeness (QED) is 0.910. The number of aromatic nitrogens is 2. The fourth-order valence-electron chi connectivity index (χ4n) is 2.21. The second-order valence-electron chi connectivity index (χ2n) is 5.22. The lowest BCUT2D eigenvalue weighted by atomic mass is 10.0.